The molecule has 1 aliphatic carbocycles. The van der Waals surface area contributed by atoms with Crippen molar-refractivity contribution in [1.82, 2.24) is 10.3 Å². The Labute approximate surface area is 125 Å². The second-order valence-corrected chi connectivity index (χ2v) is 5.67. The maximum atomic E-state index is 12.0. The molecule has 116 valence electrons. The average Bonchev–Trinajstić information content (AvgIpc) is 2.48. The van der Waals surface area contributed by atoms with Crippen molar-refractivity contribution in [2.75, 3.05) is 7.11 Å². The van der Waals surface area contributed by atoms with Crippen molar-refractivity contribution in [3.05, 3.63) is 23.9 Å². The molecule has 5 nitrogen and oxygen atoms in total. The number of hydrogen-bond donors (Lipinski definition) is 2. The van der Waals surface area contributed by atoms with Gasteiger partial charge in [0.2, 0.25) is 11.8 Å². The minimum absolute atomic E-state index is 0.0686. The van der Waals surface area contributed by atoms with Crippen LogP contribution in [0.5, 0.6) is 5.88 Å². The highest BCUT2D eigenvalue weighted by atomic mass is 16.5. The molecule has 0 bridgehead atoms. The highest BCUT2D eigenvalue weighted by Crippen LogP contribution is 2.38. The zero-order valence-electron chi connectivity index (χ0n) is 12.7. The van der Waals surface area contributed by atoms with Gasteiger partial charge in [0.1, 0.15) is 0 Å². The molecule has 1 heterocycles. The summed E-state index contributed by atoms with van der Waals surface area (Å²) in [5, 5.41) is 12.6. The maximum Gasteiger partial charge on any atom is 0.220 e. The van der Waals surface area contributed by atoms with Gasteiger partial charge >= 0.3 is 0 Å². The van der Waals surface area contributed by atoms with E-state index >= 15 is 0 Å². The first-order valence-corrected chi connectivity index (χ1v) is 7.61. The summed E-state index contributed by atoms with van der Waals surface area (Å²) in [5.41, 5.74) is 0.970. The smallest absolute Gasteiger partial charge is 0.220 e. The molecular weight excluding hydrogens is 268 g/mol. The van der Waals surface area contributed by atoms with Gasteiger partial charge in [-0.05, 0) is 30.7 Å². The van der Waals surface area contributed by atoms with Crippen molar-refractivity contribution in [2.45, 2.75) is 51.2 Å². The summed E-state index contributed by atoms with van der Waals surface area (Å²) in [6, 6.07) is 3.66. The van der Waals surface area contributed by atoms with Crippen LogP contribution < -0.4 is 10.1 Å². The molecule has 1 atom stereocenters. The molecule has 5 heteroatoms. The molecule has 0 radical (unpaired) electrons. The number of methoxy groups -OCH3 is 1. The van der Waals surface area contributed by atoms with E-state index in [1.165, 1.54) is 0 Å². The quantitative estimate of drug-likeness (QED) is 0.808. The lowest BCUT2D eigenvalue weighted by Crippen LogP contribution is -2.41. The topological polar surface area (TPSA) is 71.5 Å². The lowest BCUT2D eigenvalue weighted by Gasteiger charge is -2.38. The largest absolute Gasteiger partial charge is 0.481 e. The number of aliphatic hydroxyl groups is 1. The van der Waals surface area contributed by atoms with Crippen LogP contribution in [0.25, 0.3) is 0 Å². The van der Waals surface area contributed by atoms with Gasteiger partial charge in [-0.15, -0.1) is 0 Å². The van der Waals surface area contributed by atoms with Crippen LogP contribution in [0.3, 0.4) is 0 Å². The predicted molar refractivity (Wildman–Crippen MR) is 79.9 cm³/mol. The highest BCUT2D eigenvalue weighted by Gasteiger charge is 2.35. The SMILES string of the molecule is CCCCC(=O)NC(c1ccc(OC)nc1)C1CC(O)C1. The minimum Gasteiger partial charge on any atom is -0.481 e. The fraction of sp³-hybridized carbons (Fsp3) is 0.625. The summed E-state index contributed by atoms with van der Waals surface area (Å²) in [6.07, 6.45) is 5.41. The number of hydrogen-bond acceptors (Lipinski definition) is 4. The zero-order chi connectivity index (χ0) is 15.2. The van der Waals surface area contributed by atoms with Crippen LogP contribution in [0.4, 0.5) is 0 Å². The lowest BCUT2D eigenvalue weighted by atomic mass is 9.75. The van der Waals surface area contributed by atoms with E-state index < -0.39 is 0 Å². The number of aromatic nitrogens is 1. The van der Waals surface area contributed by atoms with Gasteiger partial charge < -0.3 is 15.2 Å². The first-order chi connectivity index (χ1) is 10.1. The number of pyridine rings is 1. The molecule has 1 amide bonds. The van der Waals surface area contributed by atoms with Crippen molar-refractivity contribution >= 4 is 5.91 Å². The van der Waals surface area contributed by atoms with Crippen LogP contribution in [0, 0.1) is 5.92 Å². The number of aliphatic hydroxyl groups excluding tert-OH is 1. The third-order valence-electron chi connectivity index (χ3n) is 4.02. The number of rotatable bonds is 7. The zero-order valence-corrected chi connectivity index (χ0v) is 12.7. The maximum absolute atomic E-state index is 12.0. The number of ether oxygens (including phenoxy) is 1. The Bertz CT molecular complexity index is 455. The summed E-state index contributed by atoms with van der Waals surface area (Å²) in [5.74, 6) is 0.906. The molecule has 1 aliphatic rings. The molecule has 21 heavy (non-hydrogen) atoms. The molecule has 2 N–H and O–H groups in total. The van der Waals surface area contributed by atoms with Crippen LogP contribution in [0.2, 0.25) is 0 Å². The second kappa shape index (κ2) is 7.41. The first kappa shape index (κ1) is 15.8. The van der Waals surface area contributed by atoms with E-state index in [1.54, 1.807) is 19.4 Å². The lowest BCUT2D eigenvalue weighted by molar-refractivity contribution is -0.123. The Morgan fingerprint density at radius 1 is 1.52 bits per heavy atom. The van der Waals surface area contributed by atoms with E-state index in [0.717, 1.165) is 31.2 Å². The van der Waals surface area contributed by atoms with E-state index in [2.05, 4.69) is 17.2 Å². The van der Waals surface area contributed by atoms with E-state index in [0.29, 0.717) is 12.3 Å². The molecule has 1 aromatic rings. The molecule has 0 saturated heterocycles. The van der Waals surface area contributed by atoms with Crippen LogP contribution in [0.1, 0.15) is 50.6 Å². The molecule has 0 aromatic carbocycles. The minimum atomic E-state index is -0.240. The molecule has 0 aliphatic heterocycles. The Balaban J connectivity index is 2.05. The summed E-state index contributed by atoms with van der Waals surface area (Å²) < 4.78 is 5.06. The summed E-state index contributed by atoms with van der Waals surface area (Å²) >= 11 is 0. The monoisotopic (exact) mass is 292 g/mol. The Morgan fingerprint density at radius 3 is 2.81 bits per heavy atom. The van der Waals surface area contributed by atoms with Gasteiger partial charge in [-0.3, -0.25) is 4.79 Å². The fourth-order valence-corrected chi connectivity index (χ4v) is 2.65. The van der Waals surface area contributed by atoms with Gasteiger partial charge in [-0.25, -0.2) is 4.98 Å². The van der Waals surface area contributed by atoms with E-state index in [-0.39, 0.29) is 24.0 Å². The van der Waals surface area contributed by atoms with Gasteiger partial charge in [-0.2, -0.15) is 0 Å². The first-order valence-electron chi connectivity index (χ1n) is 7.61. The average molecular weight is 292 g/mol. The number of nitrogens with one attached hydrogen (secondary N) is 1. The van der Waals surface area contributed by atoms with Crippen LogP contribution in [-0.2, 0) is 4.79 Å². The number of unbranched alkanes of at least 4 members (excludes halogenated alkanes) is 1. The van der Waals surface area contributed by atoms with E-state index in [1.807, 2.05) is 6.07 Å². The standard InChI is InChI=1S/C16H24N2O3/c1-3-4-5-14(20)18-16(12-8-13(19)9-12)11-6-7-15(21-2)17-10-11/h6-7,10,12-13,16,19H,3-5,8-9H2,1-2H3,(H,18,20). The van der Waals surface area contributed by atoms with Crippen molar-refractivity contribution in [2.24, 2.45) is 5.92 Å². The van der Waals surface area contributed by atoms with Gasteiger partial charge in [-0.1, -0.05) is 19.4 Å². The molecule has 0 spiro atoms. The van der Waals surface area contributed by atoms with Crippen LogP contribution in [0.15, 0.2) is 18.3 Å². The summed E-state index contributed by atoms with van der Waals surface area (Å²) in [6.45, 7) is 2.07. The van der Waals surface area contributed by atoms with Gasteiger partial charge in [0.05, 0.1) is 19.3 Å². The normalized spacial score (nSPS) is 22.2. The van der Waals surface area contributed by atoms with E-state index in [4.69, 9.17) is 4.74 Å². The number of amides is 1. The predicted octanol–water partition coefficient (Wildman–Crippen LogP) is 2.21. The van der Waals surface area contributed by atoms with Gasteiger partial charge in [0.25, 0.3) is 0 Å². The molecule has 1 unspecified atom stereocenters. The molecule has 2 rings (SSSR count). The number of nitrogens with zero attached hydrogens (tertiary/aromatic N) is 1. The summed E-state index contributed by atoms with van der Waals surface area (Å²) in [7, 11) is 1.58. The fourth-order valence-electron chi connectivity index (χ4n) is 2.65. The summed E-state index contributed by atoms with van der Waals surface area (Å²) in [4.78, 5) is 16.2. The van der Waals surface area contributed by atoms with Crippen molar-refractivity contribution in [3.8, 4) is 5.88 Å². The van der Waals surface area contributed by atoms with E-state index in [9.17, 15) is 9.90 Å². The highest BCUT2D eigenvalue weighted by molar-refractivity contribution is 5.76. The third-order valence-corrected chi connectivity index (χ3v) is 4.02. The third kappa shape index (κ3) is 4.17. The van der Waals surface area contributed by atoms with Gasteiger partial charge in [0.15, 0.2) is 0 Å². The molecular formula is C16H24N2O3. The Kier molecular flexibility index (Phi) is 5.56. The molecule has 1 saturated carbocycles. The molecule has 1 aromatic heterocycles. The van der Waals surface area contributed by atoms with Crippen molar-refractivity contribution in [3.63, 3.8) is 0 Å². The number of carbonyl (C=O) groups excluding carboxylic acids is 1. The van der Waals surface area contributed by atoms with Crippen LogP contribution in [-0.4, -0.2) is 29.2 Å². The Morgan fingerprint density at radius 2 is 2.29 bits per heavy atom. The van der Waals surface area contributed by atoms with Crippen molar-refractivity contribution in [1.29, 1.82) is 0 Å². The van der Waals surface area contributed by atoms with Crippen LogP contribution >= 0.6 is 0 Å². The molecule has 1 fully saturated rings. The Hall–Kier alpha value is -1.62. The number of carbonyl (C=O) groups is 1. The second-order valence-electron chi connectivity index (χ2n) is 5.67. The van der Waals surface area contributed by atoms with Crippen molar-refractivity contribution < 1.29 is 14.6 Å². The van der Waals surface area contributed by atoms with Gasteiger partial charge in [0, 0.05) is 18.7 Å².